The SMILES string of the molecule is COc1cc(O)c(CN2CCOCC2)c2occ(-c3ccc(F)cc3)c(=O)c12. The van der Waals surface area contributed by atoms with Gasteiger partial charge in [0, 0.05) is 25.7 Å². The number of rotatable bonds is 4. The molecule has 2 heterocycles. The van der Waals surface area contributed by atoms with E-state index in [-0.39, 0.29) is 28.1 Å². The number of halogens is 1. The molecule has 1 aliphatic heterocycles. The summed E-state index contributed by atoms with van der Waals surface area (Å²) in [5.41, 5.74) is 1.36. The average molecular weight is 385 g/mol. The standard InChI is InChI=1S/C21H20FNO5/c1-26-18-10-17(24)15(11-23-6-8-27-9-7-23)21-19(18)20(25)16(12-28-21)13-2-4-14(22)5-3-13/h2-5,10,12,24H,6-9,11H2,1H3. The number of benzene rings is 2. The molecule has 146 valence electrons. The van der Waals surface area contributed by atoms with Crippen molar-refractivity contribution in [1.29, 1.82) is 0 Å². The maximum absolute atomic E-state index is 13.2. The van der Waals surface area contributed by atoms with Gasteiger partial charge < -0.3 is 19.0 Å². The van der Waals surface area contributed by atoms with Crippen LogP contribution in [0, 0.1) is 5.82 Å². The molecule has 1 N–H and O–H groups in total. The zero-order chi connectivity index (χ0) is 19.7. The van der Waals surface area contributed by atoms with Crippen LogP contribution < -0.4 is 10.2 Å². The Morgan fingerprint density at radius 3 is 2.61 bits per heavy atom. The number of fused-ring (bicyclic) bond motifs is 1. The van der Waals surface area contributed by atoms with E-state index in [2.05, 4.69) is 4.90 Å². The lowest BCUT2D eigenvalue weighted by Gasteiger charge is -2.27. The van der Waals surface area contributed by atoms with Crippen LogP contribution in [0.1, 0.15) is 5.56 Å². The van der Waals surface area contributed by atoms with Gasteiger partial charge in [0.05, 0.1) is 31.5 Å². The monoisotopic (exact) mass is 385 g/mol. The van der Waals surface area contributed by atoms with Crippen LogP contribution in [0.5, 0.6) is 11.5 Å². The Bertz CT molecular complexity index is 1060. The summed E-state index contributed by atoms with van der Waals surface area (Å²) in [4.78, 5) is 15.3. The molecule has 1 aromatic heterocycles. The normalized spacial score (nSPS) is 15.1. The molecule has 28 heavy (non-hydrogen) atoms. The largest absolute Gasteiger partial charge is 0.507 e. The van der Waals surface area contributed by atoms with E-state index >= 15 is 0 Å². The van der Waals surface area contributed by atoms with Crippen LogP contribution in [0.25, 0.3) is 22.1 Å². The van der Waals surface area contributed by atoms with E-state index < -0.39 is 0 Å². The van der Waals surface area contributed by atoms with Crippen molar-refractivity contribution in [2.45, 2.75) is 6.54 Å². The number of phenolic OH excluding ortho intramolecular Hbond substituents is 1. The van der Waals surface area contributed by atoms with Crippen LogP contribution in [0.2, 0.25) is 0 Å². The molecule has 2 aromatic carbocycles. The highest BCUT2D eigenvalue weighted by atomic mass is 19.1. The molecule has 7 heteroatoms. The van der Waals surface area contributed by atoms with Crippen molar-refractivity contribution in [3.8, 4) is 22.6 Å². The summed E-state index contributed by atoms with van der Waals surface area (Å²) < 4.78 is 29.7. The quantitative estimate of drug-likeness (QED) is 0.744. The molecule has 1 fully saturated rings. The highest BCUT2D eigenvalue weighted by Gasteiger charge is 2.22. The fraction of sp³-hybridized carbons (Fsp3) is 0.286. The molecule has 0 amide bonds. The Morgan fingerprint density at radius 1 is 1.21 bits per heavy atom. The second kappa shape index (κ2) is 7.61. The first-order valence-corrected chi connectivity index (χ1v) is 8.99. The van der Waals surface area contributed by atoms with Crippen molar-refractivity contribution in [3.05, 3.63) is 58.2 Å². The van der Waals surface area contributed by atoms with Crippen molar-refractivity contribution < 1.29 is 23.4 Å². The molecule has 4 rings (SSSR count). The van der Waals surface area contributed by atoms with Crippen LogP contribution in [0.15, 0.2) is 45.8 Å². The minimum atomic E-state index is -0.385. The van der Waals surface area contributed by atoms with Crippen molar-refractivity contribution in [2.75, 3.05) is 33.4 Å². The maximum Gasteiger partial charge on any atom is 0.204 e. The van der Waals surface area contributed by atoms with Gasteiger partial charge in [-0.2, -0.15) is 0 Å². The molecular formula is C21H20FNO5. The Hall–Kier alpha value is -2.90. The Balaban J connectivity index is 1.87. The molecular weight excluding hydrogens is 365 g/mol. The summed E-state index contributed by atoms with van der Waals surface area (Å²) in [6.45, 7) is 3.12. The molecule has 0 atom stereocenters. The first-order chi connectivity index (χ1) is 13.6. The fourth-order valence-electron chi connectivity index (χ4n) is 3.44. The number of aromatic hydroxyl groups is 1. The van der Waals surface area contributed by atoms with Gasteiger partial charge in [-0.1, -0.05) is 12.1 Å². The molecule has 0 unspecified atom stereocenters. The van der Waals surface area contributed by atoms with Crippen LogP contribution in [0.4, 0.5) is 4.39 Å². The van der Waals surface area contributed by atoms with Gasteiger partial charge in [-0.25, -0.2) is 4.39 Å². The predicted molar refractivity (Wildman–Crippen MR) is 102 cm³/mol. The smallest absolute Gasteiger partial charge is 0.204 e. The number of methoxy groups -OCH3 is 1. The molecule has 6 nitrogen and oxygen atoms in total. The summed E-state index contributed by atoms with van der Waals surface area (Å²) in [5.74, 6) is -0.145. The van der Waals surface area contributed by atoms with Crippen LogP contribution in [-0.4, -0.2) is 43.4 Å². The van der Waals surface area contributed by atoms with Crippen LogP contribution in [-0.2, 0) is 11.3 Å². The molecule has 0 saturated carbocycles. The second-order valence-corrected chi connectivity index (χ2v) is 6.65. The third-order valence-corrected chi connectivity index (χ3v) is 4.95. The minimum absolute atomic E-state index is 0.00789. The number of nitrogens with zero attached hydrogens (tertiary/aromatic N) is 1. The topological polar surface area (TPSA) is 72.1 Å². The molecule has 1 saturated heterocycles. The van der Waals surface area contributed by atoms with E-state index in [1.807, 2.05) is 0 Å². The van der Waals surface area contributed by atoms with E-state index in [1.54, 1.807) is 0 Å². The Morgan fingerprint density at radius 2 is 1.93 bits per heavy atom. The van der Waals surface area contributed by atoms with Crippen molar-refractivity contribution in [2.24, 2.45) is 0 Å². The van der Waals surface area contributed by atoms with E-state index in [9.17, 15) is 14.3 Å². The predicted octanol–water partition coefficient (Wildman–Crippen LogP) is 3.15. The lowest BCUT2D eigenvalue weighted by atomic mass is 10.0. The van der Waals surface area contributed by atoms with Gasteiger partial charge in [0.1, 0.15) is 34.5 Å². The third kappa shape index (κ3) is 3.34. The zero-order valence-electron chi connectivity index (χ0n) is 15.4. The fourth-order valence-corrected chi connectivity index (χ4v) is 3.44. The third-order valence-electron chi connectivity index (χ3n) is 4.95. The highest BCUT2D eigenvalue weighted by Crippen LogP contribution is 2.35. The molecule has 0 bridgehead atoms. The van der Waals surface area contributed by atoms with E-state index in [0.29, 0.717) is 42.0 Å². The molecule has 3 aromatic rings. The second-order valence-electron chi connectivity index (χ2n) is 6.65. The number of morpholine rings is 1. The lowest BCUT2D eigenvalue weighted by Crippen LogP contribution is -2.35. The van der Waals surface area contributed by atoms with E-state index in [1.165, 1.54) is 43.7 Å². The van der Waals surface area contributed by atoms with Crippen LogP contribution in [0.3, 0.4) is 0 Å². The maximum atomic E-state index is 13.2. The van der Waals surface area contributed by atoms with Gasteiger partial charge in [0.25, 0.3) is 0 Å². The molecule has 0 radical (unpaired) electrons. The number of ether oxygens (including phenoxy) is 2. The van der Waals surface area contributed by atoms with E-state index in [0.717, 1.165) is 13.1 Å². The number of phenols is 1. The van der Waals surface area contributed by atoms with Gasteiger partial charge in [0.15, 0.2) is 0 Å². The van der Waals surface area contributed by atoms with Gasteiger partial charge >= 0.3 is 0 Å². The first kappa shape index (κ1) is 18.5. The molecule has 0 aliphatic carbocycles. The van der Waals surface area contributed by atoms with Gasteiger partial charge in [-0.15, -0.1) is 0 Å². The van der Waals surface area contributed by atoms with Gasteiger partial charge in [-0.3, -0.25) is 9.69 Å². The highest BCUT2D eigenvalue weighted by molar-refractivity contribution is 5.91. The average Bonchev–Trinajstić information content (AvgIpc) is 2.71. The molecule has 1 aliphatic rings. The van der Waals surface area contributed by atoms with Gasteiger partial charge in [0.2, 0.25) is 5.43 Å². The summed E-state index contributed by atoms with van der Waals surface area (Å²) >= 11 is 0. The summed E-state index contributed by atoms with van der Waals surface area (Å²) in [5, 5.41) is 10.8. The zero-order valence-corrected chi connectivity index (χ0v) is 15.4. The van der Waals surface area contributed by atoms with Crippen molar-refractivity contribution in [1.82, 2.24) is 4.90 Å². The molecule has 0 spiro atoms. The Labute approximate surface area is 160 Å². The summed E-state index contributed by atoms with van der Waals surface area (Å²) in [6.07, 6.45) is 1.35. The van der Waals surface area contributed by atoms with E-state index in [4.69, 9.17) is 13.9 Å². The number of hydrogen-bond acceptors (Lipinski definition) is 6. The van der Waals surface area contributed by atoms with Gasteiger partial charge in [-0.05, 0) is 17.7 Å². The first-order valence-electron chi connectivity index (χ1n) is 8.99. The van der Waals surface area contributed by atoms with Crippen LogP contribution >= 0.6 is 0 Å². The van der Waals surface area contributed by atoms with Crippen molar-refractivity contribution >= 4 is 11.0 Å². The lowest BCUT2D eigenvalue weighted by molar-refractivity contribution is 0.0339. The summed E-state index contributed by atoms with van der Waals surface area (Å²) in [7, 11) is 1.43. The Kier molecular flexibility index (Phi) is 5.02. The minimum Gasteiger partial charge on any atom is -0.507 e. The summed E-state index contributed by atoms with van der Waals surface area (Å²) in [6, 6.07) is 7.06. The van der Waals surface area contributed by atoms with Crippen molar-refractivity contribution in [3.63, 3.8) is 0 Å². The number of hydrogen-bond donors (Lipinski definition) is 1.